The molecule has 4 rings (SSSR count). The standard InChI is InChI=1S/C25H30F3N5O2/c1-15-20(16(2)35-31-15)12-32-8-6-17(7-9-32)21-13-33(14-22(21)24(34)30-3)19-5-4-18(11-29)23(10-19)25(26,27)28/h4-5,10,17,21-22H,6-9,12-14H2,1-3H3,(H,30,34)/t21-,22+/m0/s1. The Balaban J connectivity index is 1.48. The third kappa shape index (κ3) is 5.15. The Morgan fingerprint density at radius 3 is 2.54 bits per heavy atom. The van der Waals surface area contributed by atoms with Crippen molar-refractivity contribution in [3.63, 3.8) is 0 Å². The quantitative estimate of drug-likeness (QED) is 0.686. The number of nitriles is 1. The fourth-order valence-electron chi connectivity index (χ4n) is 5.53. The van der Waals surface area contributed by atoms with Gasteiger partial charge in [0.05, 0.1) is 28.8 Å². The number of nitrogens with zero attached hydrogens (tertiary/aromatic N) is 4. The predicted molar refractivity (Wildman–Crippen MR) is 123 cm³/mol. The van der Waals surface area contributed by atoms with Crippen molar-refractivity contribution in [3.8, 4) is 6.07 Å². The predicted octanol–water partition coefficient (Wildman–Crippen LogP) is 3.89. The number of aromatic nitrogens is 1. The molecule has 2 aliphatic rings. The molecule has 2 saturated heterocycles. The Morgan fingerprint density at radius 1 is 1.26 bits per heavy atom. The van der Waals surface area contributed by atoms with Crippen LogP contribution in [0.4, 0.5) is 18.9 Å². The number of carbonyl (C=O) groups is 1. The number of hydrogen-bond donors (Lipinski definition) is 1. The van der Waals surface area contributed by atoms with Crippen molar-refractivity contribution in [1.82, 2.24) is 15.4 Å². The maximum atomic E-state index is 13.5. The van der Waals surface area contributed by atoms with E-state index >= 15 is 0 Å². The van der Waals surface area contributed by atoms with Crippen molar-refractivity contribution in [2.24, 2.45) is 17.8 Å². The van der Waals surface area contributed by atoms with Gasteiger partial charge in [0.1, 0.15) is 5.76 Å². The van der Waals surface area contributed by atoms with Gasteiger partial charge in [0.2, 0.25) is 5.91 Å². The number of benzene rings is 1. The minimum Gasteiger partial charge on any atom is -0.370 e. The summed E-state index contributed by atoms with van der Waals surface area (Å²) in [6.45, 7) is 7.24. The molecule has 1 aromatic heterocycles. The summed E-state index contributed by atoms with van der Waals surface area (Å²) in [5, 5.41) is 15.9. The highest BCUT2D eigenvalue weighted by Gasteiger charge is 2.43. The van der Waals surface area contributed by atoms with Crippen LogP contribution in [0.15, 0.2) is 22.7 Å². The molecule has 10 heteroatoms. The van der Waals surface area contributed by atoms with Crippen molar-refractivity contribution < 1.29 is 22.5 Å². The van der Waals surface area contributed by atoms with Gasteiger partial charge in [-0.3, -0.25) is 9.69 Å². The topological polar surface area (TPSA) is 85.4 Å². The van der Waals surface area contributed by atoms with Crippen molar-refractivity contribution in [2.45, 2.75) is 39.4 Å². The Morgan fingerprint density at radius 2 is 1.97 bits per heavy atom. The van der Waals surface area contributed by atoms with Gasteiger partial charge < -0.3 is 14.7 Å². The van der Waals surface area contributed by atoms with Crippen molar-refractivity contribution in [2.75, 3.05) is 38.1 Å². The lowest BCUT2D eigenvalue weighted by atomic mass is 9.78. The number of anilines is 1. The lowest BCUT2D eigenvalue weighted by Crippen LogP contribution is -2.40. The van der Waals surface area contributed by atoms with E-state index in [0.29, 0.717) is 24.7 Å². The zero-order chi connectivity index (χ0) is 25.3. The molecule has 188 valence electrons. The van der Waals surface area contributed by atoms with Gasteiger partial charge in [-0.2, -0.15) is 18.4 Å². The van der Waals surface area contributed by atoms with Crippen LogP contribution in [-0.2, 0) is 17.5 Å². The average Bonchev–Trinajstić information content (AvgIpc) is 3.42. The molecule has 2 fully saturated rings. The molecule has 0 saturated carbocycles. The number of halogens is 3. The van der Waals surface area contributed by atoms with Gasteiger partial charge in [-0.05, 0) is 69.8 Å². The lowest BCUT2D eigenvalue weighted by molar-refractivity contribution is -0.137. The fraction of sp³-hybridized carbons (Fsp3) is 0.560. The number of rotatable bonds is 5. The van der Waals surface area contributed by atoms with Crippen LogP contribution in [0.3, 0.4) is 0 Å². The molecule has 2 atom stereocenters. The Hall–Kier alpha value is -3.06. The van der Waals surface area contributed by atoms with E-state index < -0.39 is 17.3 Å². The minimum atomic E-state index is -4.62. The van der Waals surface area contributed by atoms with Crippen LogP contribution >= 0.6 is 0 Å². The Bertz CT molecular complexity index is 1100. The number of amides is 1. The van der Waals surface area contributed by atoms with E-state index in [1.54, 1.807) is 19.2 Å². The smallest absolute Gasteiger partial charge is 0.370 e. The molecule has 2 aromatic rings. The third-order valence-corrected chi connectivity index (χ3v) is 7.54. The van der Waals surface area contributed by atoms with Gasteiger partial charge >= 0.3 is 6.18 Å². The van der Waals surface area contributed by atoms with Crippen LogP contribution in [0.5, 0.6) is 0 Å². The molecule has 2 aliphatic heterocycles. The largest absolute Gasteiger partial charge is 0.417 e. The van der Waals surface area contributed by atoms with Crippen LogP contribution in [0.1, 0.15) is 41.0 Å². The molecular weight excluding hydrogens is 459 g/mol. The molecule has 0 radical (unpaired) electrons. The summed E-state index contributed by atoms with van der Waals surface area (Å²) in [5.41, 5.74) is 1.07. The summed E-state index contributed by atoms with van der Waals surface area (Å²) < 4.78 is 45.8. The van der Waals surface area contributed by atoms with E-state index in [1.165, 1.54) is 6.07 Å². The summed E-state index contributed by atoms with van der Waals surface area (Å²) in [6, 6.07) is 5.42. The van der Waals surface area contributed by atoms with Crippen LogP contribution in [-0.4, -0.2) is 49.2 Å². The minimum absolute atomic E-state index is 0.0427. The number of aryl methyl sites for hydroxylation is 2. The van der Waals surface area contributed by atoms with Crippen molar-refractivity contribution in [1.29, 1.82) is 5.26 Å². The van der Waals surface area contributed by atoms with E-state index in [0.717, 1.165) is 55.6 Å². The fourth-order valence-corrected chi connectivity index (χ4v) is 5.53. The van der Waals surface area contributed by atoms with E-state index in [1.807, 2.05) is 18.7 Å². The number of likely N-dealkylation sites (tertiary alicyclic amines) is 1. The second kappa shape index (κ2) is 9.90. The number of carbonyl (C=O) groups excluding carboxylic acids is 1. The molecule has 3 heterocycles. The first-order chi connectivity index (χ1) is 16.6. The third-order valence-electron chi connectivity index (χ3n) is 7.54. The van der Waals surface area contributed by atoms with Crippen LogP contribution in [0.2, 0.25) is 0 Å². The maximum Gasteiger partial charge on any atom is 0.417 e. The summed E-state index contributed by atoms with van der Waals surface area (Å²) in [7, 11) is 1.59. The first-order valence-corrected chi connectivity index (χ1v) is 11.8. The van der Waals surface area contributed by atoms with Gasteiger partial charge in [-0.15, -0.1) is 0 Å². The van der Waals surface area contributed by atoms with Gasteiger partial charge in [0, 0.05) is 37.9 Å². The van der Waals surface area contributed by atoms with E-state index in [2.05, 4.69) is 15.4 Å². The zero-order valence-corrected chi connectivity index (χ0v) is 20.2. The highest BCUT2D eigenvalue weighted by atomic mass is 19.4. The normalized spacial score (nSPS) is 21.8. The van der Waals surface area contributed by atoms with Gasteiger partial charge in [0.25, 0.3) is 0 Å². The number of nitrogens with one attached hydrogen (secondary N) is 1. The van der Waals surface area contributed by atoms with Crippen LogP contribution < -0.4 is 10.2 Å². The molecule has 0 unspecified atom stereocenters. The molecule has 1 aromatic carbocycles. The first-order valence-electron chi connectivity index (χ1n) is 11.8. The summed E-state index contributed by atoms with van der Waals surface area (Å²) >= 11 is 0. The van der Waals surface area contributed by atoms with Crippen LogP contribution in [0, 0.1) is 42.9 Å². The maximum absolute atomic E-state index is 13.5. The average molecular weight is 490 g/mol. The summed E-state index contributed by atoms with van der Waals surface area (Å²) in [5.74, 6) is 0.783. The zero-order valence-electron chi connectivity index (χ0n) is 20.2. The van der Waals surface area contributed by atoms with Gasteiger partial charge in [0.15, 0.2) is 0 Å². The van der Waals surface area contributed by atoms with Crippen molar-refractivity contribution in [3.05, 3.63) is 46.3 Å². The lowest BCUT2D eigenvalue weighted by Gasteiger charge is -2.36. The molecule has 1 amide bonds. The highest BCUT2D eigenvalue weighted by Crippen LogP contribution is 2.40. The van der Waals surface area contributed by atoms with Gasteiger partial charge in [-0.25, -0.2) is 0 Å². The summed E-state index contributed by atoms with van der Waals surface area (Å²) in [4.78, 5) is 17.0. The molecule has 1 N–H and O–H groups in total. The van der Waals surface area contributed by atoms with E-state index in [9.17, 15) is 18.0 Å². The molecule has 7 nitrogen and oxygen atoms in total. The summed E-state index contributed by atoms with van der Waals surface area (Å²) in [6.07, 6.45) is -2.79. The monoisotopic (exact) mass is 489 g/mol. The first kappa shape index (κ1) is 25.0. The van der Waals surface area contributed by atoms with Crippen molar-refractivity contribution >= 4 is 11.6 Å². The van der Waals surface area contributed by atoms with Crippen LogP contribution in [0.25, 0.3) is 0 Å². The highest BCUT2D eigenvalue weighted by molar-refractivity contribution is 5.80. The van der Waals surface area contributed by atoms with E-state index in [-0.39, 0.29) is 17.7 Å². The SMILES string of the molecule is CNC(=O)[C@@H]1CN(c2ccc(C#N)c(C(F)(F)F)c2)C[C@H]1C1CCN(Cc2c(C)noc2C)CC1. The number of hydrogen-bond acceptors (Lipinski definition) is 6. The van der Waals surface area contributed by atoms with E-state index in [4.69, 9.17) is 9.78 Å². The molecule has 0 spiro atoms. The second-order valence-corrected chi connectivity index (χ2v) is 9.55. The molecule has 35 heavy (non-hydrogen) atoms. The number of alkyl halides is 3. The Kier molecular flexibility index (Phi) is 7.08. The Labute approximate surface area is 202 Å². The second-order valence-electron chi connectivity index (χ2n) is 9.55. The molecular formula is C25H30F3N5O2. The molecule has 0 aliphatic carbocycles. The number of piperidine rings is 1. The molecule has 0 bridgehead atoms. The van der Waals surface area contributed by atoms with Gasteiger partial charge in [-0.1, -0.05) is 5.16 Å².